The lowest BCUT2D eigenvalue weighted by Gasteiger charge is -2.22. The number of nitrogen functional groups attached to an aromatic ring is 1. The Kier molecular flexibility index (Phi) is 5.54. The molecular formula is C9H11Cl2F3N2O. The number of aliphatic hydroxyl groups excluding tert-OH is 1. The van der Waals surface area contributed by atoms with Crippen LogP contribution >= 0.6 is 24.0 Å². The SMILES string of the molecule is Cl.Nc1ccc(Cl)cc1[C@H](N)[C@H](O)C(F)(F)F. The van der Waals surface area contributed by atoms with Crippen molar-refractivity contribution < 1.29 is 18.3 Å². The summed E-state index contributed by atoms with van der Waals surface area (Å²) < 4.78 is 36.6. The molecule has 0 spiro atoms. The van der Waals surface area contributed by atoms with E-state index in [1.807, 2.05) is 0 Å². The van der Waals surface area contributed by atoms with Gasteiger partial charge in [-0.1, -0.05) is 11.6 Å². The van der Waals surface area contributed by atoms with E-state index in [4.69, 9.17) is 28.2 Å². The molecule has 5 N–H and O–H groups in total. The third kappa shape index (κ3) is 3.92. The summed E-state index contributed by atoms with van der Waals surface area (Å²) in [5.41, 5.74) is 10.8. The van der Waals surface area contributed by atoms with E-state index in [9.17, 15) is 13.2 Å². The van der Waals surface area contributed by atoms with Crippen LogP contribution in [0.3, 0.4) is 0 Å². The van der Waals surface area contributed by atoms with Crippen LogP contribution in [0.1, 0.15) is 11.6 Å². The molecule has 0 aromatic heterocycles. The van der Waals surface area contributed by atoms with Gasteiger partial charge in [-0.2, -0.15) is 13.2 Å². The van der Waals surface area contributed by atoms with Gasteiger partial charge in [0.1, 0.15) is 0 Å². The first-order valence-electron chi connectivity index (χ1n) is 4.28. The van der Waals surface area contributed by atoms with Crippen molar-refractivity contribution in [2.45, 2.75) is 18.3 Å². The van der Waals surface area contributed by atoms with Gasteiger partial charge in [0.2, 0.25) is 0 Å². The molecule has 0 amide bonds. The van der Waals surface area contributed by atoms with Gasteiger partial charge < -0.3 is 16.6 Å². The zero-order valence-corrected chi connectivity index (χ0v) is 9.98. The lowest BCUT2D eigenvalue weighted by molar-refractivity contribution is -0.210. The molecule has 0 saturated heterocycles. The van der Waals surface area contributed by atoms with Crippen molar-refractivity contribution in [3.05, 3.63) is 28.8 Å². The van der Waals surface area contributed by atoms with Gasteiger partial charge in [-0.25, -0.2) is 0 Å². The predicted molar refractivity (Wildman–Crippen MR) is 62.1 cm³/mol. The molecule has 0 fully saturated rings. The second kappa shape index (κ2) is 5.77. The molecule has 0 heterocycles. The molecule has 1 rings (SSSR count). The van der Waals surface area contributed by atoms with Crippen molar-refractivity contribution >= 4 is 29.7 Å². The normalized spacial score (nSPS) is 14.9. The van der Waals surface area contributed by atoms with Crippen LogP contribution in [0.25, 0.3) is 0 Å². The molecule has 0 aliphatic carbocycles. The summed E-state index contributed by atoms with van der Waals surface area (Å²) in [6, 6.07) is 2.31. The Bertz CT molecular complexity index is 387. The van der Waals surface area contributed by atoms with Crippen LogP contribution < -0.4 is 11.5 Å². The van der Waals surface area contributed by atoms with Crippen LogP contribution in [-0.4, -0.2) is 17.4 Å². The fourth-order valence-corrected chi connectivity index (χ4v) is 1.39. The molecule has 98 valence electrons. The maximum absolute atomic E-state index is 12.2. The summed E-state index contributed by atoms with van der Waals surface area (Å²) in [5.74, 6) is 0. The highest BCUT2D eigenvalue weighted by Crippen LogP contribution is 2.32. The van der Waals surface area contributed by atoms with Gasteiger partial charge in [0.15, 0.2) is 6.10 Å². The van der Waals surface area contributed by atoms with E-state index in [0.717, 1.165) is 0 Å². The molecule has 17 heavy (non-hydrogen) atoms. The van der Waals surface area contributed by atoms with Gasteiger partial charge in [-0.15, -0.1) is 12.4 Å². The summed E-state index contributed by atoms with van der Waals surface area (Å²) in [6.07, 6.45) is -7.47. The summed E-state index contributed by atoms with van der Waals surface area (Å²) in [5, 5.41) is 9.18. The molecule has 1 aromatic rings. The highest BCUT2D eigenvalue weighted by Gasteiger charge is 2.43. The molecule has 0 unspecified atom stereocenters. The highest BCUT2D eigenvalue weighted by molar-refractivity contribution is 6.30. The maximum atomic E-state index is 12.2. The van der Waals surface area contributed by atoms with Crippen LogP contribution in [0.4, 0.5) is 18.9 Å². The monoisotopic (exact) mass is 290 g/mol. The second-order valence-corrected chi connectivity index (χ2v) is 3.72. The number of hydrogen-bond donors (Lipinski definition) is 3. The van der Waals surface area contributed by atoms with E-state index in [1.54, 1.807) is 0 Å². The molecule has 3 nitrogen and oxygen atoms in total. The fraction of sp³-hybridized carbons (Fsp3) is 0.333. The first kappa shape index (κ1) is 16.3. The minimum absolute atomic E-state index is 0. The Morgan fingerprint density at radius 2 is 1.82 bits per heavy atom. The van der Waals surface area contributed by atoms with Crippen LogP contribution in [0.15, 0.2) is 18.2 Å². The van der Waals surface area contributed by atoms with Crippen molar-refractivity contribution in [1.29, 1.82) is 0 Å². The van der Waals surface area contributed by atoms with Crippen LogP contribution in [0, 0.1) is 0 Å². The largest absolute Gasteiger partial charge is 0.416 e. The molecule has 8 heteroatoms. The number of benzene rings is 1. The van der Waals surface area contributed by atoms with Crippen molar-refractivity contribution in [2.24, 2.45) is 5.73 Å². The zero-order valence-electron chi connectivity index (χ0n) is 8.41. The summed E-state index contributed by atoms with van der Waals surface area (Å²) in [7, 11) is 0. The van der Waals surface area contributed by atoms with Gasteiger partial charge in [-0.05, 0) is 23.8 Å². The van der Waals surface area contributed by atoms with Crippen molar-refractivity contribution in [3.63, 3.8) is 0 Å². The minimum Gasteiger partial charge on any atom is -0.398 e. The van der Waals surface area contributed by atoms with Crippen LogP contribution in [-0.2, 0) is 0 Å². The molecule has 2 atom stereocenters. The topological polar surface area (TPSA) is 72.3 Å². The average molecular weight is 291 g/mol. The van der Waals surface area contributed by atoms with Crippen LogP contribution in [0.5, 0.6) is 0 Å². The predicted octanol–water partition coefficient (Wildman–Crippen LogP) is 2.27. The molecule has 0 aliphatic rings. The number of alkyl halides is 3. The number of halogens is 5. The van der Waals surface area contributed by atoms with Gasteiger partial charge >= 0.3 is 6.18 Å². The molecule has 0 saturated carbocycles. The Labute approximate surface area is 107 Å². The Balaban J connectivity index is 0.00000256. The lowest BCUT2D eigenvalue weighted by atomic mass is 10.0. The van der Waals surface area contributed by atoms with Gasteiger partial charge in [0.25, 0.3) is 0 Å². The fourth-order valence-electron chi connectivity index (χ4n) is 1.21. The first-order chi connectivity index (χ1) is 7.23. The van der Waals surface area contributed by atoms with Crippen molar-refractivity contribution in [2.75, 3.05) is 5.73 Å². The Hall–Kier alpha value is -0.690. The Morgan fingerprint density at radius 3 is 2.29 bits per heavy atom. The third-order valence-electron chi connectivity index (χ3n) is 2.08. The number of nitrogens with two attached hydrogens (primary N) is 2. The van der Waals surface area contributed by atoms with Gasteiger partial charge in [0, 0.05) is 10.7 Å². The number of aliphatic hydroxyl groups is 1. The second-order valence-electron chi connectivity index (χ2n) is 3.29. The lowest BCUT2D eigenvalue weighted by Crippen LogP contribution is -2.39. The Morgan fingerprint density at radius 1 is 1.29 bits per heavy atom. The standard InChI is InChI=1S/C9H10ClF3N2O.ClH/c10-4-1-2-6(14)5(3-4)7(15)8(16)9(11,12)13;/h1-3,7-8,16H,14-15H2;1H/t7-,8-;/m0./s1. The number of anilines is 1. The van der Waals surface area contributed by atoms with E-state index >= 15 is 0 Å². The molecule has 0 bridgehead atoms. The molecule has 0 radical (unpaired) electrons. The number of hydrogen-bond acceptors (Lipinski definition) is 3. The van der Waals surface area contributed by atoms with E-state index in [-0.39, 0.29) is 28.7 Å². The highest BCUT2D eigenvalue weighted by atomic mass is 35.5. The van der Waals surface area contributed by atoms with Gasteiger partial charge in [0.05, 0.1) is 6.04 Å². The van der Waals surface area contributed by atoms with Gasteiger partial charge in [-0.3, -0.25) is 0 Å². The van der Waals surface area contributed by atoms with E-state index < -0.39 is 18.3 Å². The van der Waals surface area contributed by atoms with E-state index in [1.165, 1.54) is 18.2 Å². The molecule has 0 aliphatic heterocycles. The van der Waals surface area contributed by atoms with E-state index in [2.05, 4.69) is 0 Å². The smallest absolute Gasteiger partial charge is 0.398 e. The summed E-state index contributed by atoms with van der Waals surface area (Å²) >= 11 is 5.61. The number of rotatable bonds is 2. The molecular weight excluding hydrogens is 280 g/mol. The minimum atomic E-state index is -4.80. The third-order valence-corrected chi connectivity index (χ3v) is 2.32. The van der Waals surface area contributed by atoms with E-state index in [0.29, 0.717) is 0 Å². The zero-order chi connectivity index (χ0) is 12.5. The summed E-state index contributed by atoms with van der Waals surface area (Å²) in [6.45, 7) is 0. The van der Waals surface area contributed by atoms with Crippen molar-refractivity contribution in [1.82, 2.24) is 0 Å². The summed E-state index contributed by atoms with van der Waals surface area (Å²) in [4.78, 5) is 0. The average Bonchev–Trinajstić information content (AvgIpc) is 2.18. The molecule has 1 aromatic carbocycles. The first-order valence-corrected chi connectivity index (χ1v) is 4.66. The van der Waals surface area contributed by atoms with Crippen molar-refractivity contribution in [3.8, 4) is 0 Å². The van der Waals surface area contributed by atoms with Crippen LogP contribution in [0.2, 0.25) is 5.02 Å². The quantitative estimate of drug-likeness (QED) is 0.732. The maximum Gasteiger partial charge on any atom is 0.416 e.